The van der Waals surface area contributed by atoms with Crippen LogP contribution in [-0.2, 0) is 11.2 Å². The van der Waals surface area contributed by atoms with Crippen LogP contribution in [0.2, 0.25) is 0 Å². The molecule has 0 amide bonds. The molecule has 0 heterocycles. The third-order valence-corrected chi connectivity index (χ3v) is 5.54. The highest BCUT2D eigenvalue weighted by Gasteiger charge is 2.44. The molecule has 0 radical (unpaired) electrons. The molecule has 1 aromatic carbocycles. The van der Waals surface area contributed by atoms with Crippen LogP contribution < -0.4 is 0 Å². The molecule has 6 heteroatoms. The zero-order valence-electron chi connectivity index (χ0n) is 13.1. The van der Waals surface area contributed by atoms with Crippen LogP contribution in [0.25, 0.3) is 0 Å². The molecule has 1 rings (SSSR count). The number of nitrogens with one attached hydrogen (secondary N) is 1. The summed E-state index contributed by atoms with van der Waals surface area (Å²) in [7, 11) is -3.63. The Balaban J connectivity index is 2.62. The summed E-state index contributed by atoms with van der Waals surface area (Å²) in [6, 6.07) is 9.51. The zero-order valence-corrected chi connectivity index (χ0v) is 14.0. The maximum absolute atomic E-state index is 11.2. The van der Waals surface area contributed by atoms with E-state index < -0.39 is 19.6 Å². The van der Waals surface area contributed by atoms with Crippen LogP contribution in [0.4, 0.5) is 0 Å². The van der Waals surface area contributed by atoms with Crippen LogP contribution in [0, 0.1) is 17.2 Å². The van der Waals surface area contributed by atoms with Gasteiger partial charge in [0.1, 0.15) is 6.16 Å². The van der Waals surface area contributed by atoms with Gasteiger partial charge in [-0.05, 0) is 24.3 Å². The normalized spacial score (nSPS) is 13.1. The highest BCUT2D eigenvalue weighted by atomic mass is 31.2. The summed E-state index contributed by atoms with van der Waals surface area (Å²) < 4.78 is 0. The summed E-state index contributed by atoms with van der Waals surface area (Å²) in [6.07, 6.45) is 0.918. The average Bonchev–Trinajstić information content (AvgIpc) is 2.44. The van der Waals surface area contributed by atoms with E-state index in [-0.39, 0.29) is 24.0 Å². The van der Waals surface area contributed by atoms with Crippen molar-refractivity contribution < 1.29 is 19.7 Å². The molecule has 0 aliphatic carbocycles. The van der Waals surface area contributed by atoms with Gasteiger partial charge in [0.2, 0.25) is 5.45 Å². The first-order chi connectivity index (χ1) is 10.2. The van der Waals surface area contributed by atoms with E-state index in [2.05, 4.69) is 0 Å². The van der Waals surface area contributed by atoms with E-state index in [0.29, 0.717) is 12.8 Å². The smallest absolute Gasteiger partial charge is 0.314 e. The van der Waals surface area contributed by atoms with E-state index in [1.54, 1.807) is 0 Å². The third-order valence-electron chi connectivity index (χ3n) is 3.51. The first kappa shape index (κ1) is 18.8. The molecule has 22 heavy (non-hydrogen) atoms. The van der Waals surface area contributed by atoms with Crippen molar-refractivity contribution in [3.05, 3.63) is 35.9 Å². The maximum Gasteiger partial charge on any atom is 0.314 e. The zero-order chi connectivity index (χ0) is 16.8. The van der Waals surface area contributed by atoms with Gasteiger partial charge in [-0.3, -0.25) is 10.2 Å². The van der Waals surface area contributed by atoms with Gasteiger partial charge < -0.3 is 5.11 Å². The maximum atomic E-state index is 11.2. The number of carboxylic acid groups (broad SMARTS) is 1. The first-order valence-electron chi connectivity index (χ1n) is 7.40. The summed E-state index contributed by atoms with van der Waals surface area (Å²) in [5.74, 6) is -1.70. The van der Waals surface area contributed by atoms with Gasteiger partial charge in [-0.1, -0.05) is 44.2 Å². The number of carbonyl (C=O) groups is 1. The van der Waals surface area contributed by atoms with E-state index in [1.807, 2.05) is 44.2 Å². The lowest BCUT2D eigenvalue weighted by atomic mass is 9.99. The number of hydrogen-bond acceptors (Lipinski definition) is 4. The van der Waals surface area contributed by atoms with Crippen molar-refractivity contribution in [2.75, 3.05) is 6.16 Å². The van der Waals surface area contributed by atoms with E-state index in [4.69, 9.17) is 5.41 Å². The molecular weight excluding hydrogens is 301 g/mol. The van der Waals surface area contributed by atoms with Crippen molar-refractivity contribution in [2.45, 2.75) is 33.1 Å². The van der Waals surface area contributed by atoms with Gasteiger partial charge in [-0.15, -0.1) is 0 Å². The van der Waals surface area contributed by atoms with Crippen molar-refractivity contribution in [1.29, 1.82) is 5.41 Å². The minimum absolute atomic E-state index is 0.133. The SMILES string of the molecule is CC(C)CC(C[P+](O)(O)C(=N)CCc1ccccc1)C(=O)O. The van der Waals surface area contributed by atoms with E-state index in [9.17, 15) is 19.7 Å². The quantitative estimate of drug-likeness (QED) is 0.413. The standard InChI is InChI=1S/C16H24NO4P/c1-12(2)10-14(16(18)19)11-22(20,21)15(17)9-8-13-6-4-3-5-7-13/h3-7,12,14,17,20-21H,8-11H2,1-2H3/p+1. The van der Waals surface area contributed by atoms with Gasteiger partial charge >= 0.3 is 13.7 Å². The predicted molar refractivity (Wildman–Crippen MR) is 89.3 cm³/mol. The van der Waals surface area contributed by atoms with Crippen LogP contribution in [0.15, 0.2) is 30.3 Å². The summed E-state index contributed by atoms with van der Waals surface area (Å²) in [4.78, 5) is 31.6. The second-order valence-corrected chi connectivity index (χ2v) is 8.38. The minimum atomic E-state index is -3.63. The molecule has 0 spiro atoms. The molecule has 0 fully saturated rings. The van der Waals surface area contributed by atoms with E-state index in [0.717, 1.165) is 5.56 Å². The lowest BCUT2D eigenvalue weighted by molar-refractivity contribution is -0.141. The molecule has 5 nitrogen and oxygen atoms in total. The third kappa shape index (κ3) is 6.22. The van der Waals surface area contributed by atoms with Crippen LogP contribution >= 0.6 is 7.72 Å². The fourth-order valence-corrected chi connectivity index (χ4v) is 3.94. The molecule has 0 bridgehead atoms. The van der Waals surface area contributed by atoms with Gasteiger partial charge in [-0.25, -0.2) is 9.79 Å². The second-order valence-electron chi connectivity index (χ2n) is 6.01. The van der Waals surface area contributed by atoms with E-state index in [1.165, 1.54) is 0 Å². The number of aliphatic carboxylic acids is 1. The Morgan fingerprint density at radius 3 is 2.32 bits per heavy atom. The minimum Gasteiger partial charge on any atom is -0.481 e. The van der Waals surface area contributed by atoms with Gasteiger partial charge in [0, 0.05) is 6.42 Å². The van der Waals surface area contributed by atoms with Crippen LogP contribution in [0.5, 0.6) is 0 Å². The highest BCUT2D eigenvalue weighted by Crippen LogP contribution is 2.54. The van der Waals surface area contributed by atoms with Crippen molar-refractivity contribution in [1.82, 2.24) is 0 Å². The molecule has 0 aliphatic heterocycles. The highest BCUT2D eigenvalue weighted by molar-refractivity contribution is 7.81. The lowest BCUT2D eigenvalue weighted by Gasteiger charge is -2.19. The topological polar surface area (TPSA) is 102 Å². The summed E-state index contributed by atoms with van der Waals surface area (Å²) in [5, 5.41) is 17.1. The summed E-state index contributed by atoms with van der Waals surface area (Å²) in [5.41, 5.74) is 0.885. The summed E-state index contributed by atoms with van der Waals surface area (Å²) >= 11 is 0. The Kier molecular flexibility index (Phi) is 7.14. The lowest BCUT2D eigenvalue weighted by Crippen LogP contribution is -2.24. The molecule has 1 atom stereocenters. The number of carboxylic acids is 1. The van der Waals surface area contributed by atoms with Gasteiger partial charge in [-0.2, -0.15) is 0 Å². The predicted octanol–water partition coefficient (Wildman–Crippen LogP) is 3.18. The van der Waals surface area contributed by atoms with Gasteiger partial charge in [0.05, 0.1) is 5.92 Å². The second kappa shape index (κ2) is 8.37. The molecule has 0 aromatic heterocycles. The Bertz CT molecular complexity index is 502. The Morgan fingerprint density at radius 1 is 1.23 bits per heavy atom. The number of hydrogen-bond donors (Lipinski definition) is 4. The van der Waals surface area contributed by atoms with Crippen molar-refractivity contribution in [3.8, 4) is 0 Å². The summed E-state index contributed by atoms with van der Waals surface area (Å²) in [6.45, 7) is 3.79. The van der Waals surface area contributed by atoms with E-state index >= 15 is 0 Å². The van der Waals surface area contributed by atoms with Crippen LogP contribution in [0.1, 0.15) is 32.3 Å². The molecule has 0 saturated carbocycles. The van der Waals surface area contributed by atoms with Gasteiger partial charge in [0.25, 0.3) is 0 Å². The number of rotatable bonds is 9. The Hall–Kier alpha value is -1.29. The van der Waals surface area contributed by atoms with Crippen LogP contribution in [-0.4, -0.2) is 32.5 Å². The number of benzene rings is 1. The van der Waals surface area contributed by atoms with Crippen molar-refractivity contribution in [3.63, 3.8) is 0 Å². The monoisotopic (exact) mass is 326 g/mol. The molecule has 0 saturated heterocycles. The van der Waals surface area contributed by atoms with Gasteiger partial charge in [0.15, 0.2) is 0 Å². The van der Waals surface area contributed by atoms with Crippen LogP contribution in [0.3, 0.4) is 0 Å². The largest absolute Gasteiger partial charge is 0.481 e. The average molecular weight is 326 g/mol. The van der Waals surface area contributed by atoms with Crippen molar-refractivity contribution >= 4 is 19.1 Å². The molecule has 0 aliphatic rings. The molecule has 4 N–H and O–H groups in total. The fraction of sp³-hybridized carbons (Fsp3) is 0.500. The Labute approximate surface area is 132 Å². The molecule has 1 unspecified atom stereocenters. The number of aryl methyl sites for hydroxylation is 1. The molecule has 1 aromatic rings. The Morgan fingerprint density at radius 2 is 1.82 bits per heavy atom. The van der Waals surface area contributed by atoms with Crippen molar-refractivity contribution in [2.24, 2.45) is 11.8 Å². The first-order valence-corrected chi connectivity index (χ1v) is 9.28. The molecular formula is C16H25NO4P+. The molecule has 122 valence electrons. The fourth-order valence-electron chi connectivity index (χ4n) is 2.33.